The molecule has 1 aromatic carbocycles. The number of likely N-dealkylation sites (tertiary alicyclic amines) is 1. The van der Waals surface area contributed by atoms with E-state index in [0.717, 1.165) is 13.1 Å². The van der Waals surface area contributed by atoms with Gasteiger partial charge in [-0.15, -0.1) is 0 Å². The molecule has 1 aliphatic heterocycles. The lowest BCUT2D eigenvalue weighted by Gasteiger charge is -2.30. The number of hydrogen-bond acceptors (Lipinski definition) is 3. The van der Waals surface area contributed by atoms with Gasteiger partial charge in [0.2, 0.25) is 0 Å². The number of carbonyl (C=O) groups excluding carboxylic acids is 1. The predicted molar refractivity (Wildman–Crippen MR) is 102 cm³/mol. The second kappa shape index (κ2) is 8.54. The van der Waals surface area contributed by atoms with Gasteiger partial charge in [0.05, 0.1) is 5.41 Å². The average Bonchev–Trinajstić information content (AvgIpc) is 2.99. The Labute approximate surface area is 156 Å². The van der Waals surface area contributed by atoms with E-state index in [1.807, 2.05) is 25.2 Å². The van der Waals surface area contributed by atoms with E-state index in [1.54, 1.807) is 11.8 Å². The second-order valence-corrected chi connectivity index (χ2v) is 8.02. The van der Waals surface area contributed by atoms with E-state index in [1.165, 1.54) is 5.56 Å². The van der Waals surface area contributed by atoms with Crippen molar-refractivity contribution < 1.29 is 14.7 Å². The molecule has 2 unspecified atom stereocenters. The Balaban J connectivity index is 1.91. The first-order valence-corrected chi connectivity index (χ1v) is 9.22. The molecule has 0 saturated carbocycles. The molecule has 0 aliphatic carbocycles. The molecule has 1 saturated heterocycles. The number of amides is 2. The van der Waals surface area contributed by atoms with Crippen LogP contribution in [0.2, 0.25) is 0 Å². The molecule has 2 amide bonds. The van der Waals surface area contributed by atoms with Crippen molar-refractivity contribution in [2.45, 2.75) is 39.8 Å². The molecule has 0 radical (unpaired) electrons. The van der Waals surface area contributed by atoms with E-state index in [4.69, 9.17) is 0 Å². The SMILES string of the molecule is CC(C)C(CN(C)Cc1ccccc1)NC(=O)N1CCC(C)(C(=O)O)C1. The van der Waals surface area contributed by atoms with Crippen molar-refractivity contribution in [1.29, 1.82) is 0 Å². The molecule has 6 heteroatoms. The maximum absolute atomic E-state index is 12.6. The number of nitrogens with zero attached hydrogens (tertiary/aromatic N) is 2. The van der Waals surface area contributed by atoms with Gasteiger partial charge in [0.15, 0.2) is 0 Å². The summed E-state index contributed by atoms with van der Waals surface area (Å²) >= 11 is 0. The van der Waals surface area contributed by atoms with Gasteiger partial charge in [0, 0.05) is 32.2 Å². The molecule has 1 fully saturated rings. The van der Waals surface area contributed by atoms with Crippen molar-refractivity contribution in [3.05, 3.63) is 35.9 Å². The molecular formula is C20H31N3O3. The zero-order chi connectivity index (χ0) is 19.3. The normalized spacial score (nSPS) is 21.2. The first kappa shape index (κ1) is 20.2. The van der Waals surface area contributed by atoms with Crippen LogP contribution in [0.4, 0.5) is 4.79 Å². The van der Waals surface area contributed by atoms with Gasteiger partial charge in [-0.2, -0.15) is 0 Å². The third kappa shape index (κ3) is 5.21. The number of rotatable bonds is 7. The first-order chi connectivity index (χ1) is 12.2. The third-order valence-corrected chi connectivity index (χ3v) is 5.19. The number of carboxylic acid groups (broad SMARTS) is 1. The van der Waals surface area contributed by atoms with Gasteiger partial charge < -0.3 is 20.2 Å². The fraction of sp³-hybridized carbons (Fsp3) is 0.600. The zero-order valence-electron chi connectivity index (χ0n) is 16.2. The molecule has 2 rings (SSSR count). The quantitative estimate of drug-likeness (QED) is 0.783. The lowest BCUT2D eigenvalue weighted by molar-refractivity contribution is -0.147. The minimum Gasteiger partial charge on any atom is -0.481 e. The molecule has 0 bridgehead atoms. The fourth-order valence-electron chi connectivity index (χ4n) is 3.28. The number of carbonyl (C=O) groups is 2. The standard InChI is InChI=1S/C20H31N3O3/c1-15(2)17(13-22(4)12-16-8-6-5-7-9-16)21-19(26)23-11-10-20(3,14-23)18(24)25/h5-9,15,17H,10-14H2,1-4H3,(H,21,26)(H,24,25). The minimum absolute atomic E-state index is 0.00731. The van der Waals surface area contributed by atoms with E-state index >= 15 is 0 Å². The van der Waals surface area contributed by atoms with Gasteiger partial charge in [0.1, 0.15) is 0 Å². The van der Waals surface area contributed by atoms with Crippen molar-refractivity contribution >= 4 is 12.0 Å². The Morgan fingerprint density at radius 3 is 2.50 bits per heavy atom. The van der Waals surface area contributed by atoms with Crippen molar-refractivity contribution in [1.82, 2.24) is 15.1 Å². The number of likely N-dealkylation sites (N-methyl/N-ethyl adjacent to an activating group) is 1. The molecule has 1 aromatic rings. The molecule has 0 aromatic heterocycles. The molecule has 6 nitrogen and oxygen atoms in total. The van der Waals surface area contributed by atoms with Gasteiger partial charge in [-0.05, 0) is 31.9 Å². The smallest absolute Gasteiger partial charge is 0.317 e. The van der Waals surface area contributed by atoms with Gasteiger partial charge in [-0.1, -0.05) is 44.2 Å². The molecule has 1 heterocycles. The second-order valence-electron chi connectivity index (χ2n) is 8.02. The fourth-order valence-corrected chi connectivity index (χ4v) is 3.28. The summed E-state index contributed by atoms with van der Waals surface area (Å²) in [4.78, 5) is 27.8. The van der Waals surface area contributed by atoms with Crippen LogP contribution in [0.5, 0.6) is 0 Å². The summed E-state index contributed by atoms with van der Waals surface area (Å²) < 4.78 is 0. The maximum Gasteiger partial charge on any atom is 0.317 e. The summed E-state index contributed by atoms with van der Waals surface area (Å²) in [5.74, 6) is -0.554. The van der Waals surface area contributed by atoms with Crippen LogP contribution in [-0.2, 0) is 11.3 Å². The summed E-state index contributed by atoms with van der Waals surface area (Å²) in [6.45, 7) is 8.19. The summed E-state index contributed by atoms with van der Waals surface area (Å²) in [7, 11) is 2.05. The maximum atomic E-state index is 12.6. The molecule has 26 heavy (non-hydrogen) atoms. The minimum atomic E-state index is -0.839. The first-order valence-electron chi connectivity index (χ1n) is 9.22. The largest absolute Gasteiger partial charge is 0.481 e. The lowest BCUT2D eigenvalue weighted by Crippen LogP contribution is -2.50. The number of benzene rings is 1. The highest BCUT2D eigenvalue weighted by atomic mass is 16.4. The number of urea groups is 1. The Morgan fingerprint density at radius 2 is 1.96 bits per heavy atom. The van der Waals surface area contributed by atoms with Crippen LogP contribution in [0.1, 0.15) is 32.8 Å². The van der Waals surface area contributed by atoms with Gasteiger partial charge in [-0.3, -0.25) is 4.79 Å². The van der Waals surface area contributed by atoms with Gasteiger partial charge in [0.25, 0.3) is 0 Å². The Bertz CT molecular complexity index is 620. The van der Waals surface area contributed by atoms with E-state index in [2.05, 4.69) is 36.2 Å². The topological polar surface area (TPSA) is 72.9 Å². The van der Waals surface area contributed by atoms with Crippen LogP contribution in [-0.4, -0.2) is 59.6 Å². The summed E-state index contributed by atoms with van der Waals surface area (Å²) in [6, 6.07) is 10.1. The van der Waals surface area contributed by atoms with Crippen LogP contribution in [0, 0.1) is 11.3 Å². The van der Waals surface area contributed by atoms with E-state index < -0.39 is 11.4 Å². The number of nitrogens with one attached hydrogen (secondary N) is 1. The van der Waals surface area contributed by atoms with E-state index in [0.29, 0.717) is 13.0 Å². The van der Waals surface area contributed by atoms with Crippen molar-refractivity contribution in [2.24, 2.45) is 11.3 Å². The molecular weight excluding hydrogens is 330 g/mol. The summed E-state index contributed by atoms with van der Waals surface area (Å²) in [5.41, 5.74) is 0.398. The van der Waals surface area contributed by atoms with Gasteiger partial charge in [-0.25, -0.2) is 4.79 Å². The molecule has 144 valence electrons. The highest BCUT2D eigenvalue weighted by molar-refractivity contribution is 5.79. The number of carboxylic acids is 1. The van der Waals surface area contributed by atoms with Crippen LogP contribution in [0.15, 0.2) is 30.3 Å². The van der Waals surface area contributed by atoms with Crippen LogP contribution in [0.25, 0.3) is 0 Å². The highest BCUT2D eigenvalue weighted by Gasteiger charge is 2.42. The van der Waals surface area contributed by atoms with Crippen molar-refractivity contribution in [3.63, 3.8) is 0 Å². The Morgan fingerprint density at radius 1 is 1.31 bits per heavy atom. The van der Waals surface area contributed by atoms with Crippen LogP contribution in [0.3, 0.4) is 0 Å². The number of aliphatic carboxylic acids is 1. The third-order valence-electron chi connectivity index (χ3n) is 5.19. The van der Waals surface area contributed by atoms with Gasteiger partial charge >= 0.3 is 12.0 Å². The monoisotopic (exact) mass is 361 g/mol. The van der Waals surface area contributed by atoms with E-state index in [9.17, 15) is 14.7 Å². The van der Waals surface area contributed by atoms with Crippen LogP contribution < -0.4 is 5.32 Å². The summed E-state index contributed by atoms with van der Waals surface area (Å²) in [6.07, 6.45) is 0.496. The highest BCUT2D eigenvalue weighted by Crippen LogP contribution is 2.30. The Hall–Kier alpha value is -2.08. The van der Waals surface area contributed by atoms with Crippen molar-refractivity contribution in [3.8, 4) is 0 Å². The average molecular weight is 361 g/mol. The molecule has 2 atom stereocenters. The summed E-state index contributed by atoms with van der Waals surface area (Å²) in [5, 5.41) is 12.4. The van der Waals surface area contributed by atoms with E-state index in [-0.39, 0.29) is 24.5 Å². The Kier molecular flexibility index (Phi) is 6.64. The lowest BCUT2D eigenvalue weighted by atomic mass is 9.90. The molecule has 0 spiro atoms. The number of hydrogen-bond donors (Lipinski definition) is 2. The molecule has 2 N–H and O–H groups in total. The predicted octanol–water partition coefficient (Wildman–Crippen LogP) is 2.65. The zero-order valence-corrected chi connectivity index (χ0v) is 16.2. The van der Waals surface area contributed by atoms with Crippen LogP contribution >= 0.6 is 0 Å². The van der Waals surface area contributed by atoms with Crippen molar-refractivity contribution in [2.75, 3.05) is 26.7 Å². The molecule has 1 aliphatic rings.